The van der Waals surface area contributed by atoms with Crippen LogP contribution in [0.3, 0.4) is 0 Å². The Hall–Kier alpha value is -1.96. The highest BCUT2D eigenvalue weighted by Gasteiger charge is 2.04. The Morgan fingerprint density at radius 1 is 1.13 bits per heavy atom. The molecule has 0 unspecified atom stereocenters. The van der Waals surface area contributed by atoms with Gasteiger partial charge in [0.15, 0.2) is 0 Å². The number of hydrogen-bond donors (Lipinski definition) is 0. The molecular formula is C13H11NO. The molecular weight excluding hydrogens is 186 g/mol. The first-order valence-corrected chi connectivity index (χ1v) is 4.96. The second-order valence-electron chi connectivity index (χ2n) is 3.69. The SMILES string of the molecule is Cc1cc2ccoc2cc1-n1cccc1. The molecule has 3 rings (SSSR count). The summed E-state index contributed by atoms with van der Waals surface area (Å²) in [5.74, 6) is 0. The maximum Gasteiger partial charge on any atom is 0.135 e. The smallest absolute Gasteiger partial charge is 0.135 e. The quantitative estimate of drug-likeness (QED) is 0.583. The second-order valence-corrected chi connectivity index (χ2v) is 3.69. The van der Waals surface area contributed by atoms with Crippen molar-refractivity contribution < 1.29 is 4.42 Å². The Balaban J connectivity index is 2.30. The Labute approximate surface area is 87.7 Å². The molecule has 0 aliphatic carbocycles. The number of furan rings is 1. The van der Waals surface area contributed by atoms with Crippen molar-refractivity contribution in [1.29, 1.82) is 0 Å². The fourth-order valence-electron chi connectivity index (χ4n) is 1.89. The van der Waals surface area contributed by atoms with Crippen molar-refractivity contribution in [3.63, 3.8) is 0 Å². The lowest BCUT2D eigenvalue weighted by atomic mass is 10.1. The van der Waals surface area contributed by atoms with E-state index in [1.165, 1.54) is 11.3 Å². The third-order valence-electron chi connectivity index (χ3n) is 2.65. The molecule has 3 aromatic rings. The Morgan fingerprint density at radius 2 is 1.93 bits per heavy atom. The number of hydrogen-bond acceptors (Lipinski definition) is 1. The summed E-state index contributed by atoms with van der Waals surface area (Å²) in [6.45, 7) is 2.11. The molecule has 2 aromatic heterocycles. The van der Waals surface area contributed by atoms with E-state index in [9.17, 15) is 0 Å². The molecule has 0 bridgehead atoms. The van der Waals surface area contributed by atoms with Crippen LogP contribution in [0.2, 0.25) is 0 Å². The van der Waals surface area contributed by atoms with Crippen molar-refractivity contribution >= 4 is 11.0 Å². The lowest BCUT2D eigenvalue weighted by Crippen LogP contribution is -1.92. The third-order valence-corrected chi connectivity index (χ3v) is 2.65. The largest absolute Gasteiger partial charge is 0.464 e. The molecule has 2 nitrogen and oxygen atoms in total. The average molecular weight is 197 g/mol. The van der Waals surface area contributed by atoms with E-state index in [1.807, 2.05) is 30.6 Å². The molecule has 0 aliphatic heterocycles. The molecule has 0 saturated carbocycles. The summed E-state index contributed by atoms with van der Waals surface area (Å²) in [5.41, 5.74) is 3.35. The standard InChI is InChI=1S/C13H11NO/c1-10-8-11-4-7-15-13(11)9-12(10)14-5-2-3-6-14/h2-9H,1H3. The van der Waals surface area contributed by atoms with Crippen LogP contribution in [-0.2, 0) is 0 Å². The van der Waals surface area contributed by atoms with Crippen molar-refractivity contribution in [2.24, 2.45) is 0 Å². The molecule has 0 saturated heterocycles. The van der Waals surface area contributed by atoms with Crippen molar-refractivity contribution in [3.8, 4) is 5.69 Å². The highest BCUT2D eigenvalue weighted by Crippen LogP contribution is 2.23. The summed E-state index contributed by atoms with van der Waals surface area (Å²) in [6, 6.07) is 10.2. The van der Waals surface area contributed by atoms with Gasteiger partial charge in [0.1, 0.15) is 5.58 Å². The summed E-state index contributed by atoms with van der Waals surface area (Å²) in [6.07, 6.45) is 5.80. The fourth-order valence-corrected chi connectivity index (χ4v) is 1.89. The normalized spacial score (nSPS) is 11.0. The van der Waals surface area contributed by atoms with Gasteiger partial charge in [0, 0.05) is 23.8 Å². The van der Waals surface area contributed by atoms with Crippen molar-refractivity contribution in [1.82, 2.24) is 4.57 Å². The summed E-state index contributed by atoms with van der Waals surface area (Å²) >= 11 is 0. The van der Waals surface area contributed by atoms with E-state index in [1.54, 1.807) is 6.26 Å². The zero-order valence-corrected chi connectivity index (χ0v) is 8.47. The van der Waals surface area contributed by atoms with Gasteiger partial charge >= 0.3 is 0 Å². The Bertz CT molecular complexity index is 590. The van der Waals surface area contributed by atoms with Gasteiger partial charge in [-0.3, -0.25) is 0 Å². The van der Waals surface area contributed by atoms with Crippen LogP contribution in [0.15, 0.2) is 53.4 Å². The minimum Gasteiger partial charge on any atom is -0.464 e. The van der Waals surface area contributed by atoms with Gasteiger partial charge < -0.3 is 8.98 Å². The first kappa shape index (κ1) is 8.36. The van der Waals surface area contributed by atoms with Gasteiger partial charge in [-0.05, 0) is 36.8 Å². The van der Waals surface area contributed by atoms with Crippen molar-refractivity contribution in [2.45, 2.75) is 6.92 Å². The zero-order valence-electron chi connectivity index (χ0n) is 8.47. The molecule has 0 atom stereocenters. The van der Waals surface area contributed by atoms with Gasteiger partial charge in [0.25, 0.3) is 0 Å². The zero-order chi connectivity index (χ0) is 10.3. The minimum atomic E-state index is 0.935. The second kappa shape index (κ2) is 3.02. The van der Waals surface area contributed by atoms with Gasteiger partial charge in [-0.1, -0.05) is 0 Å². The summed E-state index contributed by atoms with van der Waals surface area (Å²) in [4.78, 5) is 0. The van der Waals surface area contributed by atoms with E-state index in [0.717, 1.165) is 11.0 Å². The van der Waals surface area contributed by atoms with E-state index in [2.05, 4.69) is 23.6 Å². The molecule has 0 fully saturated rings. The highest BCUT2D eigenvalue weighted by molar-refractivity contribution is 5.80. The van der Waals surface area contributed by atoms with Crippen molar-refractivity contribution in [3.05, 3.63) is 54.6 Å². The van der Waals surface area contributed by atoms with Crippen LogP contribution in [0.25, 0.3) is 16.7 Å². The van der Waals surface area contributed by atoms with E-state index >= 15 is 0 Å². The van der Waals surface area contributed by atoms with Crippen LogP contribution < -0.4 is 0 Å². The van der Waals surface area contributed by atoms with Gasteiger partial charge in [0.05, 0.1) is 12.0 Å². The van der Waals surface area contributed by atoms with Crippen LogP contribution >= 0.6 is 0 Å². The van der Waals surface area contributed by atoms with Gasteiger partial charge in [-0.2, -0.15) is 0 Å². The van der Waals surface area contributed by atoms with Crippen LogP contribution in [0.5, 0.6) is 0 Å². The molecule has 0 amide bonds. The van der Waals surface area contributed by atoms with Gasteiger partial charge in [-0.15, -0.1) is 0 Å². The molecule has 15 heavy (non-hydrogen) atoms. The lowest BCUT2D eigenvalue weighted by molar-refractivity contribution is 0.615. The van der Waals surface area contributed by atoms with Crippen LogP contribution in [0.4, 0.5) is 0 Å². The maximum atomic E-state index is 5.40. The maximum absolute atomic E-state index is 5.40. The number of fused-ring (bicyclic) bond motifs is 1. The minimum absolute atomic E-state index is 0.935. The summed E-state index contributed by atoms with van der Waals surface area (Å²) in [7, 11) is 0. The molecule has 2 heterocycles. The topological polar surface area (TPSA) is 18.1 Å². The first-order valence-electron chi connectivity index (χ1n) is 4.96. The highest BCUT2D eigenvalue weighted by atomic mass is 16.3. The number of aromatic nitrogens is 1. The van der Waals surface area contributed by atoms with Gasteiger partial charge in [-0.25, -0.2) is 0 Å². The average Bonchev–Trinajstić information content (AvgIpc) is 2.85. The van der Waals surface area contributed by atoms with E-state index in [4.69, 9.17) is 4.42 Å². The van der Waals surface area contributed by atoms with Crippen LogP contribution in [-0.4, -0.2) is 4.57 Å². The molecule has 0 aliphatic rings. The number of aryl methyl sites for hydroxylation is 1. The molecule has 0 N–H and O–H groups in total. The predicted molar refractivity (Wildman–Crippen MR) is 60.3 cm³/mol. The molecule has 0 radical (unpaired) electrons. The summed E-state index contributed by atoms with van der Waals surface area (Å²) < 4.78 is 7.49. The molecule has 74 valence electrons. The predicted octanol–water partition coefficient (Wildman–Crippen LogP) is 3.53. The van der Waals surface area contributed by atoms with E-state index in [-0.39, 0.29) is 0 Å². The van der Waals surface area contributed by atoms with E-state index in [0.29, 0.717) is 0 Å². The molecule has 1 aromatic carbocycles. The first-order chi connectivity index (χ1) is 7.34. The Morgan fingerprint density at radius 3 is 2.73 bits per heavy atom. The van der Waals surface area contributed by atoms with Crippen LogP contribution in [0.1, 0.15) is 5.56 Å². The Kier molecular flexibility index (Phi) is 1.68. The van der Waals surface area contributed by atoms with Crippen LogP contribution in [0, 0.1) is 6.92 Å². The van der Waals surface area contributed by atoms with Gasteiger partial charge in [0.2, 0.25) is 0 Å². The third kappa shape index (κ3) is 1.26. The molecule has 2 heteroatoms. The summed E-state index contributed by atoms with van der Waals surface area (Å²) in [5, 5.41) is 1.16. The van der Waals surface area contributed by atoms with Crippen molar-refractivity contribution in [2.75, 3.05) is 0 Å². The lowest BCUT2D eigenvalue weighted by Gasteiger charge is -2.06. The molecule has 0 spiro atoms. The monoisotopic (exact) mass is 197 g/mol. The van der Waals surface area contributed by atoms with E-state index < -0.39 is 0 Å². The number of nitrogens with zero attached hydrogens (tertiary/aromatic N) is 1. The fraction of sp³-hybridized carbons (Fsp3) is 0.0769. The number of benzene rings is 1. The number of rotatable bonds is 1.